The Balaban J connectivity index is 2.19. The molecule has 2 aromatic rings. The second-order valence-electron chi connectivity index (χ2n) is 4.27. The fourth-order valence-corrected chi connectivity index (χ4v) is 1.94. The summed E-state index contributed by atoms with van der Waals surface area (Å²) in [5.74, 6) is -0.485. The monoisotopic (exact) mass is 261 g/mol. The summed E-state index contributed by atoms with van der Waals surface area (Å²) in [5, 5.41) is 12.3. The Morgan fingerprint density at radius 2 is 2.00 bits per heavy atom. The molecule has 0 aliphatic rings. The summed E-state index contributed by atoms with van der Waals surface area (Å²) >= 11 is 0. The molecule has 0 fully saturated rings. The van der Waals surface area contributed by atoms with Crippen molar-refractivity contribution in [2.45, 2.75) is 13.5 Å². The summed E-state index contributed by atoms with van der Waals surface area (Å²) in [6.07, 6.45) is 0. The Morgan fingerprint density at radius 1 is 1.26 bits per heavy atom. The van der Waals surface area contributed by atoms with Crippen LogP contribution in [0.1, 0.15) is 11.1 Å². The molecule has 0 heterocycles. The van der Waals surface area contributed by atoms with E-state index < -0.39 is 5.82 Å². The second kappa shape index (κ2) is 5.61. The molecular weight excluding hydrogens is 245 g/mol. The number of benzene rings is 2. The Hall–Kier alpha value is -2.23. The van der Waals surface area contributed by atoms with Gasteiger partial charge in [-0.3, -0.25) is 0 Å². The molecule has 0 aliphatic carbocycles. The van der Waals surface area contributed by atoms with Crippen LogP contribution in [0.5, 0.6) is 11.5 Å². The number of aromatic hydroxyl groups is 1. The van der Waals surface area contributed by atoms with Gasteiger partial charge in [0.1, 0.15) is 12.4 Å². The zero-order chi connectivity index (χ0) is 13.8. The molecule has 0 unspecified atom stereocenters. The molecule has 0 spiro atoms. The van der Waals surface area contributed by atoms with Gasteiger partial charge in [-0.15, -0.1) is 0 Å². The third-order valence-corrected chi connectivity index (χ3v) is 2.87. The van der Waals surface area contributed by atoms with Crippen LogP contribution in [0.15, 0.2) is 36.4 Å². The third-order valence-electron chi connectivity index (χ3n) is 2.87. The van der Waals surface area contributed by atoms with E-state index in [4.69, 9.17) is 4.74 Å². The van der Waals surface area contributed by atoms with Gasteiger partial charge in [0.15, 0.2) is 11.6 Å². The van der Waals surface area contributed by atoms with Gasteiger partial charge < -0.3 is 15.2 Å². The summed E-state index contributed by atoms with van der Waals surface area (Å²) in [7, 11) is 1.82. The number of halogens is 1. The first-order valence-electron chi connectivity index (χ1n) is 5.99. The van der Waals surface area contributed by atoms with Crippen molar-refractivity contribution in [2.75, 3.05) is 12.4 Å². The highest BCUT2D eigenvalue weighted by molar-refractivity contribution is 5.50. The predicted molar refractivity (Wildman–Crippen MR) is 73.1 cm³/mol. The largest absolute Gasteiger partial charge is 0.508 e. The van der Waals surface area contributed by atoms with Crippen molar-refractivity contribution in [3.05, 3.63) is 53.3 Å². The Labute approximate surface area is 111 Å². The number of nitrogens with one attached hydrogen (secondary N) is 1. The SMILES string of the molecule is CNc1ccccc1COc1c(C)cc(O)cc1F. The molecule has 2 N–H and O–H groups in total. The van der Waals surface area contributed by atoms with Gasteiger partial charge in [0.25, 0.3) is 0 Å². The zero-order valence-electron chi connectivity index (χ0n) is 10.9. The van der Waals surface area contributed by atoms with E-state index in [9.17, 15) is 9.50 Å². The van der Waals surface area contributed by atoms with Crippen LogP contribution in [0.25, 0.3) is 0 Å². The maximum Gasteiger partial charge on any atom is 0.169 e. The maximum atomic E-state index is 13.7. The van der Waals surface area contributed by atoms with E-state index in [1.54, 1.807) is 6.92 Å². The van der Waals surface area contributed by atoms with Gasteiger partial charge >= 0.3 is 0 Å². The minimum Gasteiger partial charge on any atom is -0.508 e. The van der Waals surface area contributed by atoms with E-state index in [0.717, 1.165) is 17.3 Å². The highest BCUT2D eigenvalue weighted by atomic mass is 19.1. The van der Waals surface area contributed by atoms with Crippen molar-refractivity contribution < 1.29 is 14.2 Å². The molecule has 19 heavy (non-hydrogen) atoms. The molecule has 0 bridgehead atoms. The van der Waals surface area contributed by atoms with Crippen LogP contribution >= 0.6 is 0 Å². The molecule has 2 rings (SSSR count). The average molecular weight is 261 g/mol. The molecule has 4 heteroatoms. The van der Waals surface area contributed by atoms with E-state index in [1.165, 1.54) is 6.07 Å². The molecule has 0 amide bonds. The topological polar surface area (TPSA) is 41.5 Å². The molecular formula is C15H16FNO2. The van der Waals surface area contributed by atoms with Crippen LogP contribution in [0, 0.1) is 12.7 Å². The molecule has 100 valence electrons. The molecule has 0 saturated heterocycles. The van der Waals surface area contributed by atoms with Crippen molar-refractivity contribution in [1.29, 1.82) is 0 Å². The van der Waals surface area contributed by atoms with Gasteiger partial charge in [0.2, 0.25) is 0 Å². The van der Waals surface area contributed by atoms with E-state index in [1.807, 2.05) is 31.3 Å². The first kappa shape index (κ1) is 13.2. The first-order valence-corrected chi connectivity index (χ1v) is 5.99. The highest BCUT2D eigenvalue weighted by Crippen LogP contribution is 2.28. The number of ether oxygens (including phenoxy) is 1. The minimum atomic E-state index is -0.556. The fourth-order valence-electron chi connectivity index (χ4n) is 1.94. The van der Waals surface area contributed by atoms with Gasteiger partial charge in [-0.05, 0) is 24.6 Å². The maximum absolute atomic E-state index is 13.7. The van der Waals surface area contributed by atoms with Crippen LogP contribution in [0.3, 0.4) is 0 Å². The average Bonchev–Trinajstić information content (AvgIpc) is 2.38. The lowest BCUT2D eigenvalue weighted by molar-refractivity contribution is 0.287. The van der Waals surface area contributed by atoms with Crippen LogP contribution in [-0.2, 0) is 6.61 Å². The molecule has 3 nitrogen and oxygen atoms in total. The van der Waals surface area contributed by atoms with Crippen molar-refractivity contribution in [2.24, 2.45) is 0 Å². The lowest BCUT2D eigenvalue weighted by Gasteiger charge is -2.13. The van der Waals surface area contributed by atoms with Crippen molar-refractivity contribution in [3.63, 3.8) is 0 Å². The number of phenols is 1. The van der Waals surface area contributed by atoms with E-state index in [0.29, 0.717) is 5.56 Å². The Morgan fingerprint density at radius 3 is 2.68 bits per heavy atom. The number of aryl methyl sites for hydroxylation is 1. The summed E-state index contributed by atoms with van der Waals surface area (Å²) in [6, 6.07) is 10.2. The van der Waals surface area contributed by atoms with Crippen LogP contribution in [0.4, 0.5) is 10.1 Å². The smallest absolute Gasteiger partial charge is 0.169 e. The predicted octanol–water partition coefficient (Wildman–Crippen LogP) is 3.46. The van der Waals surface area contributed by atoms with Crippen molar-refractivity contribution in [3.8, 4) is 11.5 Å². The summed E-state index contributed by atoms with van der Waals surface area (Å²) in [5.41, 5.74) is 2.45. The van der Waals surface area contributed by atoms with E-state index in [2.05, 4.69) is 5.32 Å². The molecule has 0 aromatic heterocycles. The Kier molecular flexibility index (Phi) is 3.90. The standard InChI is InChI=1S/C15H16FNO2/c1-10-7-12(18)8-13(16)15(10)19-9-11-5-3-4-6-14(11)17-2/h3-8,17-18H,9H2,1-2H3. The van der Waals surface area contributed by atoms with Gasteiger partial charge in [-0.2, -0.15) is 0 Å². The number of hydrogen-bond donors (Lipinski definition) is 2. The van der Waals surface area contributed by atoms with E-state index in [-0.39, 0.29) is 18.1 Å². The van der Waals surface area contributed by atoms with Crippen LogP contribution in [-0.4, -0.2) is 12.2 Å². The van der Waals surface area contributed by atoms with Gasteiger partial charge in [-0.1, -0.05) is 18.2 Å². The molecule has 0 aliphatic heterocycles. The van der Waals surface area contributed by atoms with E-state index >= 15 is 0 Å². The third kappa shape index (κ3) is 2.96. The van der Waals surface area contributed by atoms with Crippen LogP contribution < -0.4 is 10.1 Å². The summed E-state index contributed by atoms with van der Waals surface area (Å²) in [6.45, 7) is 1.96. The normalized spacial score (nSPS) is 10.3. The number of phenolic OH excluding ortho intramolecular Hbond substituents is 1. The molecule has 0 atom stereocenters. The van der Waals surface area contributed by atoms with Gasteiger partial charge in [0, 0.05) is 24.4 Å². The number of para-hydroxylation sites is 1. The summed E-state index contributed by atoms with van der Waals surface area (Å²) in [4.78, 5) is 0. The molecule has 2 aromatic carbocycles. The number of hydrogen-bond acceptors (Lipinski definition) is 3. The lowest BCUT2D eigenvalue weighted by Crippen LogP contribution is -2.02. The minimum absolute atomic E-state index is 0.0991. The van der Waals surface area contributed by atoms with Gasteiger partial charge in [0.05, 0.1) is 0 Å². The number of anilines is 1. The molecule has 0 radical (unpaired) electrons. The zero-order valence-corrected chi connectivity index (χ0v) is 10.9. The van der Waals surface area contributed by atoms with Gasteiger partial charge in [-0.25, -0.2) is 4.39 Å². The number of rotatable bonds is 4. The first-order chi connectivity index (χ1) is 9.11. The lowest BCUT2D eigenvalue weighted by atomic mass is 10.2. The fraction of sp³-hybridized carbons (Fsp3) is 0.200. The Bertz CT molecular complexity index is 561. The highest BCUT2D eigenvalue weighted by Gasteiger charge is 2.10. The summed E-state index contributed by atoms with van der Waals surface area (Å²) < 4.78 is 19.2. The van der Waals surface area contributed by atoms with Crippen molar-refractivity contribution >= 4 is 5.69 Å². The van der Waals surface area contributed by atoms with Crippen molar-refractivity contribution in [1.82, 2.24) is 0 Å². The second-order valence-corrected chi connectivity index (χ2v) is 4.27. The molecule has 0 saturated carbocycles. The quantitative estimate of drug-likeness (QED) is 0.885. The van der Waals surface area contributed by atoms with Crippen LogP contribution in [0.2, 0.25) is 0 Å².